The maximum atomic E-state index is 12.0. The number of piperidine rings is 3. The lowest BCUT2D eigenvalue weighted by Crippen LogP contribution is -2.47. The smallest absolute Gasteiger partial charge is 0.249 e. The van der Waals surface area contributed by atoms with Crippen molar-refractivity contribution in [3.63, 3.8) is 0 Å². The molecule has 4 rings (SSSR count). The van der Waals surface area contributed by atoms with E-state index in [1.165, 1.54) is 57.4 Å². The van der Waals surface area contributed by atoms with Gasteiger partial charge in [0.05, 0.1) is 0 Å². The number of carbonyl (C=O) groups is 2. The minimum Gasteiger partial charge on any atom is -0.374 e. The lowest BCUT2D eigenvalue weighted by Gasteiger charge is -2.44. The van der Waals surface area contributed by atoms with Crippen LogP contribution in [-0.4, -0.2) is 48.9 Å². The number of imide groups is 1. The van der Waals surface area contributed by atoms with E-state index in [1.54, 1.807) is 0 Å². The van der Waals surface area contributed by atoms with E-state index >= 15 is 0 Å². The molecule has 1 atom stereocenters. The SMILES string of the molecule is O=C1CCC(Nc2cccc(CN3CCC4(CCNCC4)CC3)c2)C(=O)N1. The highest BCUT2D eigenvalue weighted by Gasteiger charge is 2.35. The third-order valence-electron chi connectivity index (χ3n) is 6.49. The first-order chi connectivity index (χ1) is 13.1. The quantitative estimate of drug-likeness (QED) is 0.706. The number of nitrogens with zero attached hydrogens (tertiary/aromatic N) is 1. The standard InChI is InChI=1S/C21H30N4O2/c26-19-5-4-18(20(27)24-19)23-17-3-1-2-16(14-17)15-25-12-8-21(9-13-25)6-10-22-11-7-21/h1-3,14,18,22-23H,4-13,15H2,(H,24,26,27). The highest BCUT2D eigenvalue weighted by molar-refractivity contribution is 6.01. The topological polar surface area (TPSA) is 73.5 Å². The number of benzene rings is 1. The van der Waals surface area contributed by atoms with Crippen LogP contribution < -0.4 is 16.0 Å². The van der Waals surface area contributed by atoms with Crippen LogP contribution >= 0.6 is 0 Å². The summed E-state index contributed by atoms with van der Waals surface area (Å²) in [7, 11) is 0. The fraction of sp³-hybridized carbons (Fsp3) is 0.619. The number of nitrogens with one attached hydrogen (secondary N) is 3. The van der Waals surface area contributed by atoms with Crippen LogP contribution in [0.4, 0.5) is 5.69 Å². The average molecular weight is 370 g/mol. The van der Waals surface area contributed by atoms with E-state index in [4.69, 9.17) is 0 Å². The molecule has 3 aliphatic rings. The van der Waals surface area contributed by atoms with Gasteiger partial charge in [0.1, 0.15) is 6.04 Å². The molecule has 3 N–H and O–H groups in total. The Morgan fingerprint density at radius 2 is 1.89 bits per heavy atom. The number of rotatable bonds is 4. The van der Waals surface area contributed by atoms with E-state index < -0.39 is 0 Å². The van der Waals surface area contributed by atoms with Crippen LogP contribution in [0.25, 0.3) is 0 Å². The molecule has 1 aromatic carbocycles. The second-order valence-electron chi connectivity index (χ2n) is 8.37. The van der Waals surface area contributed by atoms with E-state index in [0.29, 0.717) is 18.3 Å². The van der Waals surface area contributed by atoms with Crippen molar-refractivity contribution < 1.29 is 9.59 Å². The van der Waals surface area contributed by atoms with Gasteiger partial charge in [0, 0.05) is 18.7 Å². The first-order valence-corrected chi connectivity index (χ1v) is 10.2. The number of hydrogen-bond acceptors (Lipinski definition) is 5. The molecule has 0 aromatic heterocycles. The summed E-state index contributed by atoms with van der Waals surface area (Å²) < 4.78 is 0. The third kappa shape index (κ3) is 4.50. The van der Waals surface area contributed by atoms with Crippen LogP contribution in [0.2, 0.25) is 0 Å². The molecular formula is C21H30N4O2. The van der Waals surface area contributed by atoms with Gasteiger partial charge in [-0.1, -0.05) is 12.1 Å². The third-order valence-corrected chi connectivity index (χ3v) is 6.49. The molecule has 146 valence electrons. The zero-order valence-electron chi connectivity index (χ0n) is 15.9. The lowest BCUT2D eigenvalue weighted by molar-refractivity contribution is -0.133. The molecule has 0 bridgehead atoms. The molecule has 6 heteroatoms. The maximum Gasteiger partial charge on any atom is 0.249 e. The highest BCUT2D eigenvalue weighted by Crippen LogP contribution is 2.39. The van der Waals surface area contributed by atoms with Crippen molar-refractivity contribution in [3.8, 4) is 0 Å². The molecule has 6 nitrogen and oxygen atoms in total. The van der Waals surface area contributed by atoms with Gasteiger partial charge in [0.25, 0.3) is 0 Å². The number of carbonyl (C=O) groups excluding carboxylic acids is 2. The number of likely N-dealkylation sites (tertiary alicyclic amines) is 1. The summed E-state index contributed by atoms with van der Waals surface area (Å²) in [4.78, 5) is 25.8. The molecule has 1 unspecified atom stereocenters. The Morgan fingerprint density at radius 1 is 1.11 bits per heavy atom. The van der Waals surface area contributed by atoms with Gasteiger partial charge in [-0.3, -0.25) is 19.8 Å². The van der Waals surface area contributed by atoms with E-state index in [-0.39, 0.29) is 17.9 Å². The summed E-state index contributed by atoms with van der Waals surface area (Å²) in [5.74, 6) is -0.400. The second-order valence-corrected chi connectivity index (χ2v) is 8.37. The van der Waals surface area contributed by atoms with Crippen molar-refractivity contribution in [2.24, 2.45) is 5.41 Å². The van der Waals surface area contributed by atoms with Crippen molar-refractivity contribution in [1.82, 2.24) is 15.5 Å². The Kier molecular flexibility index (Phi) is 5.45. The van der Waals surface area contributed by atoms with Gasteiger partial charge in [-0.2, -0.15) is 0 Å². The van der Waals surface area contributed by atoms with Gasteiger partial charge >= 0.3 is 0 Å². The van der Waals surface area contributed by atoms with Crippen molar-refractivity contribution in [1.29, 1.82) is 0 Å². The molecular weight excluding hydrogens is 340 g/mol. The lowest BCUT2D eigenvalue weighted by atomic mass is 9.71. The Morgan fingerprint density at radius 3 is 2.63 bits per heavy atom. The first-order valence-electron chi connectivity index (χ1n) is 10.2. The predicted molar refractivity (Wildman–Crippen MR) is 105 cm³/mol. The predicted octanol–water partition coefficient (Wildman–Crippen LogP) is 1.87. The average Bonchev–Trinajstić information content (AvgIpc) is 2.67. The molecule has 1 spiro atoms. The van der Waals surface area contributed by atoms with E-state index in [1.807, 2.05) is 12.1 Å². The number of anilines is 1. The van der Waals surface area contributed by atoms with Gasteiger partial charge in [0.2, 0.25) is 11.8 Å². The summed E-state index contributed by atoms with van der Waals surface area (Å²) in [5, 5.41) is 9.18. The van der Waals surface area contributed by atoms with E-state index in [9.17, 15) is 9.59 Å². The molecule has 2 amide bonds. The van der Waals surface area contributed by atoms with Crippen molar-refractivity contribution in [2.45, 2.75) is 51.1 Å². The van der Waals surface area contributed by atoms with Crippen LogP contribution in [0.15, 0.2) is 24.3 Å². The highest BCUT2D eigenvalue weighted by atomic mass is 16.2. The normalized spacial score (nSPS) is 26.0. The van der Waals surface area contributed by atoms with Gasteiger partial charge in [-0.05, 0) is 81.4 Å². The Hall–Kier alpha value is -1.92. The van der Waals surface area contributed by atoms with Gasteiger partial charge in [0.15, 0.2) is 0 Å². The van der Waals surface area contributed by atoms with E-state index in [2.05, 4.69) is 33.0 Å². The Labute approximate surface area is 161 Å². The minimum atomic E-state index is -0.326. The van der Waals surface area contributed by atoms with Crippen LogP contribution in [0.3, 0.4) is 0 Å². The van der Waals surface area contributed by atoms with Crippen molar-refractivity contribution in [3.05, 3.63) is 29.8 Å². The minimum absolute atomic E-state index is 0.177. The monoisotopic (exact) mass is 370 g/mol. The fourth-order valence-corrected chi connectivity index (χ4v) is 4.69. The molecule has 3 fully saturated rings. The largest absolute Gasteiger partial charge is 0.374 e. The molecule has 1 aromatic rings. The van der Waals surface area contributed by atoms with Gasteiger partial charge in [-0.15, -0.1) is 0 Å². The van der Waals surface area contributed by atoms with Crippen LogP contribution in [0.1, 0.15) is 44.1 Å². The summed E-state index contributed by atoms with van der Waals surface area (Å²) in [6, 6.07) is 8.01. The van der Waals surface area contributed by atoms with Crippen LogP contribution in [0, 0.1) is 5.41 Å². The summed E-state index contributed by atoms with van der Waals surface area (Å²) >= 11 is 0. The summed E-state index contributed by atoms with van der Waals surface area (Å²) in [6.07, 6.45) is 6.22. The molecule has 3 heterocycles. The first kappa shape index (κ1) is 18.4. The summed E-state index contributed by atoms with van der Waals surface area (Å²) in [6.45, 7) is 5.65. The fourth-order valence-electron chi connectivity index (χ4n) is 4.69. The molecule has 0 radical (unpaired) electrons. The van der Waals surface area contributed by atoms with Crippen LogP contribution in [-0.2, 0) is 16.1 Å². The zero-order valence-corrected chi connectivity index (χ0v) is 15.9. The second kappa shape index (κ2) is 7.98. The van der Waals surface area contributed by atoms with Gasteiger partial charge < -0.3 is 10.6 Å². The molecule has 3 saturated heterocycles. The van der Waals surface area contributed by atoms with Crippen molar-refractivity contribution >= 4 is 17.5 Å². The van der Waals surface area contributed by atoms with Crippen LogP contribution in [0.5, 0.6) is 0 Å². The number of amides is 2. The molecule has 0 saturated carbocycles. The Balaban J connectivity index is 1.32. The maximum absolute atomic E-state index is 12.0. The molecule has 3 aliphatic heterocycles. The van der Waals surface area contributed by atoms with Crippen molar-refractivity contribution in [2.75, 3.05) is 31.5 Å². The Bertz CT molecular complexity index is 689. The molecule has 0 aliphatic carbocycles. The number of hydrogen-bond donors (Lipinski definition) is 3. The molecule has 27 heavy (non-hydrogen) atoms. The van der Waals surface area contributed by atoms with E-state index in [0.717, 1.165) is 12.2 Å². The van der Waals surface area contributed by atoms with Gasteiger partial charge in [-0.25, -0.2) is 0 Å². The summed E-state index contributed by atoms with van der Waals surface area (Å²) in [5.41, 5.74) is 2.80. The zero-order chi connectivity index (χ0) is 18.7.